The van der Waals surface area contributed by atoms with E-state index in [1.165, 1.54) is 0 Å². The summed E-state index contributed by atoms with van der Waals surface area (Å²) in [5, 5.41) is 11.5. The van der Waals surface area contributed by atoms with Gasteiger partial charge in [-0.2, -0.15) is 0 Å². The monoisotopic (exact) mass is 287 g/mol. The van der Waals surface area contributed by atoms with Crippen molar-refractivity contribution < 1.29 is 14.7 Å². The number of aliphatic carboxylic acids is 1. The Labute approximate surface area is 122 Å². The molecular weight excluding hydrogens is 270 g/mol. The quantitative estimate of drug-likeness (QED) is 0.883. The van der Waals surface area contributed by atoms with E-state index in [0.29, 0.717) is 11.4 Å². The Hall–Kier alpha value is -2.63. The number of hydrogen-bond acceptors (Lipinski definition) is 3. The molecule has 2 rings (SSSR count). The maximum absolute atomic E-state index is 11.9. The topological polar surface area (TPSA) is 84.2 Å². The van der Waals surface area contributed by atoms with Gasteiger partial charge >= 0.3 is 5.97 Å². The highest BCUT2D eigenvalue weighted by atomic mass is 16.4. The molecule has 0 aliphatic carbocycles. The Morgan fingerprint density at radius 1 is 1.33 bits per heavy atom. The van der Waals surface area contributed by atoms with Crippen LogP contribution in [0.15, 0.2) is 36.8 Å². The lowest BCUT2D eigenvalue weighted by molar-refractivity contribution is -0.137. The van der Waals surface area contributed by atoms with Gasteiger partial charge in [0.25, 0.3) is 5.91 Å². The van der Waals surface area contributed by atoms with Crippen LogP contribution in [-0.2, 0) is 11.8 Å². The molecule has 6 heteroatoms. The fourth-order valence-electron chi connectivity index (χ4n) is 2.00. The number of anilines is 1. The summed E-state index contributed by atoms with van der Waals surface area (Å²) < 4.78 is 1.70. The van der Waals surface area contributed by atoms with Gasteiger partial charge in [-0.3, -0.25) is 9.59 Å². The molecule has 1 amide bonds. The van der Waals surface area contributed by atoms with Crippen LogP contribution in [-0.4, -0.2) is 26.5 Å². The number of benzene rings is 1. The van der Waals surface area contributed by atoms with Crippen LogP contribution in [0.2, 0.25) is 0 Å². The molecule has 21 heavy (non-hydrogen) atoms. The van der Waals surface area contributed by atoms with E-state index in [-0.39, 0.29) is 18.2 Å². The van der Waals surface area contributed by atoms with Crippen LogP contribution in [0.25, 0.3) is 0 Å². The van der Waals surface area contributed by atoms with Crippen molar-refractivity contribution in [1.82, 2.24) is 9.55 Å². The van der Waals surface area contributed by atoms with Crippen LogP contribution < -0.4 is 5.32 Å². The Morgan fingerprint density at radius 3 is 2.52 bits per heavy atom. The molecule has 0 saturated heterocycles. The van der Waals surface area contributed by atoms with Crippen molar-refractivity contribution in [2.24, 2.45) is 7.05 Å². The van der Waals surface area contributed by atoms with Crippen molar-refractivity contribution in [2.75, 3.05) is 5.32 Å². The van der Waals surface area contributed by atoms with Crippen molar-refractivity contribution in [3.63, 3.8) is 0 Å². The summed E-state index contributed by atoms with van der Waals surface area (Å²) in [5.74, 6) is -1.17. The predicted molar refractivity (Wildman–Crippen MR) is 78.3 cm³/mol. The van der Waals surface area contributed by atoms with Gasteiger partial charge in [-0.05, 0) is 23.6 Å². The first-order valence-electron chi connectivity index (χ1n) is 6.57. The van der Waals surface area contributed by atoms with E-state index in [0.717, 1.165) is 5.56 Å². The van der Waals surface area contributed by atoms with E-state index in [2.05, 4.69) is 10.3 Å². The first kappa shape index (κ1) is 14.8. The largest absolute Gasteiger partial charge is 0.481 e. The zero-order valence-electron chi connectivity index (χ0n) is 11.9. The third-order valence-electron chi connectivity index (χ3n) is 3.16. The van der Waals surface area contributed by atoms with E-state index in [1.807, 2.05) is 19.1 Å². The molecule has 110 valence electrons. The zero-order valence-corrected chi connectivity index (χ0v) is 11.9. The van der Waals surface area contributed by atoms with Gasteiger partial charge in [0.1, 0.15) is 5.69 Å². The number of imidazole rings is 1. The summed E-state index contributed by atoms with van der Waals surface area (Å²) >= 11 is 0. The van der Waals surface area contributed by atoms with Gasteiger partial charge < -0.3 is 15.0 Å². The number of nitrogens with one attached hydrogen (secondary N) is 1. The Bertz CT molecular complexity index is 646. The van der Waals surface area contributed by atoms with Crippen molar-refractivity contribution in [2.45, 2.75) is 19.3 Å². The van der Waals surface area contributed by atoms with E-state index in [1.54, 1.807) is 36.3 Å². The Balaban J connectivity index is 2.02. The van der Waals surface area contributed by atoms with E-state index in [9.17, 15) is 9.59 Å². The summed E-state index contributed by atoms with van der Waals surface area (Å²) in [5.41, 5.74) is 1.92. The van der Waals surface area contributed by atoms with Gasteiger partial charge in [0.2, 0.25) is 0 Å². The first-order chi connectivity index (χ1) is 9.95. The smallest absolute Gasteiger partial charge is 0.303 e. The molecular formula is C15H17N3O3. The standard InChI is InChI=1S/C15H17N3O3/c1-10(7-14(19)20)11-3-5-12(6-4-11)17-15(21)13-8-18(2)9-16-13/h3-6,8-10H,7H2,1-2H3,(H,17,21)(H,19,20). The fraction of sp³-hybridized carbons (Fsp3) is 0.267. The van der Waals surface area contributed by atoms with E-state index < -0.39 is 5.97 Å². The number of hydrogen-bond donors (Lipinski definition) is 2. The van der Waals surface area contributed by atoms with Crippen LogP contribution in [0.4, 0.5) is 5.69 Å². The van der Waals surface area contributed by atoms with E-state index in [4.69, 9.17) is 5.11 Å². The summed E-state index contributed by atoms with van der Waals surface area (Å²) in [6.07, 6.45) is 3.28. The number of carbonyl (C=O) groups excluding carboxylic acids is 1. The van der Waals surface area contributed by atoms with Crippen molar-refractivity contribution in [3.8, 4) is 0 Å². The summed E-state index contributed by atoms with van der Waals surface area (Å²) in [4.78, 5) is 26.6. The van der Waals surface area contributed by atoms with Crippen LogP contribution in [0.5, 0.6) is 0 Å². The third-order valence-corrected chi connectivity index (χ3v) is 3.16. The average Bonchev–Trinajstić information content (AvgIpc) is 2.85. The normalized spacial score (nSPS) is 11.9. The fourth-order valence-corrected chi connectivity index (χ4v) is 2.00. The lowest BCUT2D eigenvalue weighted by Gasteiger charge is -2.10. The van der Waals surface area contributed by atoms with Crippen LogP contribution in [0.3, 0.4) is 0 Å². The molecule has 2 N–H and O–H groups in total. The molecule has 0 aliphatic heterocycles. The number of rotatable bonds is 5. The molecule has 1 aromatic carbocycles. The lowest BCUT2D eigenvalue weighted by Crippen LogP contribution is -2.12. The van der Waals surface area contributed by atoms with Gasteiger partial charge in [-0.25, -0.2) is 4.98 Å². The molecule has 0 saturated carbocycles. The highest BCUT2D eigenvalue weighted by molar-refractivity contribution is 6.02. The molecule has 0 bridgehead atoms. The second kappa shape index (κ2) is 6.21. The second-order valence-corrected chi connectivity index (χ2v) is 5.00. The van der Waals surface area contributed by atoms with Gasteiger partial charge in [-0.15, -0.1) is 0 Å². The minimum absolute atomic E-state index is 0.0666. The number of aryl methyl sites for hydroxylation is 1. The molecule has 0 aliphatic rings. The van der Waals surface area contributed by atoms with Gasteiger partial charge in [0.15, 0.2) is 0 Å². The van der Waals surface area contributed by atoms with Crippen molar-refractivity contribution >= 4 is 17.6 Å². The maximum Gasteiger partial charge on any atom is 0.303 e. The Kier molecular flexibility index (Phi) is 4.37. The second-order valence-electron chi connectivity index (χ2n) is 5.00. The highest BCUT2D eigenvalue weighted by Gasteiger charge is 2.11. The molecule has 1 atom stereocenters. The van der Waals surface area contributed by atoms with Crippen LogP contribution in [0, 0.1) is 0 Å². The SMILES string of the molecule is CC(CC(=O)O)c1ccc(NC(=O)c2cn(C)cn2)cc1. The van der Waals surface area contributed by atoms with Gasteiger partial charge in [-0.1, -0.05) is 19.1 Å². The minimum Gasteiger partial charge on any atom is -0.481 e. The van der Waals surface area contributed by atoms with Crippen LogP contribution >= 0.6 is 0 Å². The van der Waals surface area contributed by atoms with Gasteiger partial charge in [0, 0.05) is 18.9 Å². The van der Waals surface area contributed by atoms with Crippen LogP contribution in [0.1, 0.15) is 35.3 Å². The summed E-state index contributed by atoms with van der Waals surface area (Å²) in [7, 11) is 1.79. The molecule has 2 aromatic rings. The molecule has 0 spiro atoms. The number of carboxylic acid groups (broad SMARTS) is 1. The number of nitrogens with zero attached hydrogens (tertiary/aromatic N) is 2. The molecule has 1 heterocycles. The third kappa shape index (κ3) is 3.92. The maximum atomic E-state index is 11.9. The molecule has 1 aromatic heterocycles. The molecule has 1 unspecified atom stereocenters. The molecule has 0 radical (unpaired) electrons. The first-order valence-corrected chi connectivity index (χ1v) is 6.57. The number of amides is 1. The predicted octanol–water partition coefficient (Wildman–Crippen LogP) is 2.25. The average molecular weight is 287 g/mol. The Morgan fingerprint density at radius 2 is 2.00 bits per heavy atom. The van der Waals surface area contributed by atoms with Gasteiger partial charge in [0.05, 0.1) is 12.7 Å². The zero-order chi connectivity index (χ0) is 15.4. The number of aromatic nitrogens is 2. The molecule has 6 nitrogen and oxygen atoms in total. The summed E-state index contributed by atoms with van der Waals surface area (Å²) in [6, 6.07) is 7.16. The minimum atomic E-state index is -0.824. The number of carboxylic acids is 1. The van der Waals surface area contributed by atoms with E-state index >= 15 is 0 Å². The number of carbonyl (C=O) groups is 2. The molecule has 0 fully saturated rings. The van der Waals surface area contributed by atoms with Crippen molar-refractivity contribution in [3.05, 3.63) is 48.0 Å². The van der Waals surface area contributed by atoms with Crippen molar-refractivity contribution in [1.29, 1.82) is 0 Å². The summed E-state index contributed by atoms with van der Waals surface area (Å²) in [6.45, 7) is 1.86. The highest BCUT2D eigenvalue weighted by Crippen LogP contribution is 2.21. The lowest BCUT2D eigenvalue weighted by atomic mass is 9.98.